The largest absolute Gasteiger partial charge is 0.478 e. The zero-order valence-corrected chi connectivity index (χ0v) is 18.7. The third kappa shape index (κ3) is 8.62. The summed E-state index contributed by atoms with van der Waals surface area (Å²) in [4.78, 5) is 28.5. The van der Waals surface area contributed by atoms with Gasteiger partial charge in [-0.25, -0.2) is 9.59 Å². The van der Waals surface area contributed by atoms with Crippen LogP contribution in [0.3, 0.4) is 0 Å². The molecule has 0 atom stereocenters. The molecule has 0 saturated heterocycles. The van der Waals surface area contributed by atoms with Crippen LogP contribution < -0.4 is 0 Å². The molecular formula is C24H24N6O6. The Morgan fingerprint density at radius 2 is 0.861 bits per heavy atom. The average Bonchev–Trinajstić information content (AvgIpc) is 3.61. The predicted octanol–water partition coefficient (Wildman–Crippen LogP) is 2.38. The van der Waals surface area contributed by atoms with Crippen molar-refractivity contribution in [2.24, 2.45) is 0 Å². The van der Waals surface area contributed by atoms with E-state index in [4.69, 9.17) is 10.2 Å². The molecule has 186 valence electrons. The van der Waals surface area contributed by atoms with Gasteiger partial charge in [-0.1, -0.05) is 0 Å². The van der Waals surface area contributed by atoms with Gasteiger partial charge in [-0.05, 0) is 60.7 Å². The lowest BCUT2D eigenvalue weighted by atomic mass is 10.1. The van der Waals surface area contributed by atoms with E-state index in [-0.39, 0.29) is 22.1 Å². The lowest BCUT2D eigenvalue weighted by molar-refractivity contribution is 0.0681. The molecular weight excluding hydrogens is 468 g/mol. The van der Waals surface area contributed by atoms with Gasteiger partial charge in [0.2, 0.25) is 0 Å². The normalized spacial score (nSPS) is 9.11. The van der Waals surface area contributed by atoms with E-state index in [1.54, 1.807) is 37.2 Å². The number of carboxylic acid groups (broad SMARTS) is 2. The SMILES string of the molecule is O.O.O=C(O)c1ccc(C(=O)O)cc1.c1cc(-c2ccn[nH]2)ccn1.c1cc(-c2ccn[nH]2)ccn1. The van der Waals surface area contributed by atoms with Crippen molar-refractivity contribution in [3.05, 3.63) is 109 Å². The molecule has 0 fully saturated rings. The van der Waals surface area contributed by atoms with E-state index < -0.39 is 11.9 Å². The van der Waals surface area contributed by atoms with Crippen LogP contribution in [-0.2, 0) is 0 Å². The highest BCUT2D eigenvalue weighted by atomic mass is 16.4. The molecule has 0 amide bonds. The summed E-state index contributed by atoms with van der Waals surface area (Å²) in [5.74, 6) is -2.13. The van der Waals surface area contributed by atoms with Crippen LogP contribution in [0.15, 0.2) is 97.8 Å². The van der Waals surface area contributed by atoms with Gasteiger partial charge in [-0.15, -0.1) is 0 Å². The maximum absolute atomic E-state index is 10.3. The number of carboxylic acids is 2. The second kappa shape index (κ2) is 14.8. The Bertz CT molecular complexity index is 1180. The summed E-state index contributed by atoms with van der Waals surface area (Å²) in [6, 6.07) is 16.6. The molecule has 0 aliphatic rings. The van der Waals surface area contributed by atoms with E-state index in [0.717, 1.165) is 22.5 Å². The fourth-order valence-corrected chi connectivity index (χ4v) is 2.65. The van der Waals surface area contributed by atoms with Gasteiger partial charge in [0.1, 0.15) is 0 Å². The van der Waals surface area contributed by atoms with Gasteiger partial charge in [0.15, 0.2) is 0 Å². The molecule has 0 radical (unpaired) electrons. The first-order chi connectivity index (χ1) is 16.5. The van der Waals surface area contributed by atoms with Crippen molar-refractivity contribution >= 4 is 11.9 Å². The Morgan fingerprint density at radius 3 is 1.11 bits per heavy atom. The van der Waals surface area contributed by atoms with Crippen LogP contribution in [0.4, 0.5) is 0 Å². The van der Waals surface area contributed by atoms with E-state index in [0.29, 0.717) is 0 Å². The topological polar surface area (TPSA) is 221 Å². The summed E-state index contributed by atoms with van der Waals surface area (Å²) in [6.45, 7) is 0. The smallest absolute Gasteiger partial charge is 0.335 e. The molecule has 36 heavy (non-hydrogen) atoms. The molecule has 0 spiro atoms. The number of hydrogen-bond donors (Lipinski definition) is 4. The highest BCUT2D eigenvalue weighted by Crippen LogP contribution is 2.13. The third-order valence-electron chi connectivity index (χ3n) is 4.36. The molecule has 0 unspecified atom stereocenters. The first-order valence-electron chi connectivity index (χ1n) is 9.91. The number of benzene rings is 1. The van der Waals surface area contributed by atoms with E-state index in [2.05, 4.69) is 30.4 Å². The molecule has 4 heterocycles. The molecule has 0 saturated carbocycles. The quantitative estimate of drug-likeness (QED) is 0.291. The number of aromatic carboxylic acids is 2. The molecule has 4 aromatic heterocycles. The van der Waals surface area contributed by atoms with Gasteiger partial charge in [-0.3, -0.25) is 20.2 Å². The van der Waals surface area contributed by atoms with E-state index in [1.807, 2.05) is 36.4 Å². The van der Waals surface area contributed by atoms with Crippen molar-refractivity contribution in [3.8, 4) is 22.5 Å². The fourth-order valence-electron chi connectivity index (χ4n) is 2.65. The van der Waals surface area contributed by atoms with E-state index in [9.17, 15) is 9.59 Å². The fraction of sp³-hybridized carbons (Fsp3) is 0. The minimum absolute atomic E-state index is 0. The number of rotatable bonds is 4. The van der Waals surface area contributed by atoms with E-state index >= 15 is 0 Å². The number of pyridine rings is 2. The first kappa shape index (κ1) is 28.8. The van der Waals surface area contributed by atoms with Crippen LogP contribution >= 0.6 is 0 Å². The zero-order chi connectivity index (χ0) is 24.2. The second-order valence-corrected chi connectivity index (χ2v) is 6.60. The van der Waals surface area contributed by atoms with Gasteiger partial charge >= 0.3 is 11.9 Å². The first-order valence-corrected chi connectivity index (χ1v) is 9.91. The lowest BCUT2D eigenvalue weighted by Crippen LogP contribution is -1.99. The minimum atomic E-state index is -1.06. The zero-order valence-electron chi connectivity index (χ0n) is 18.7. The number of nitrogens with zero attached hydrogens (tertiary/aromatic N) is 4. The minimum Gasteiger partial charge on any atom is -0.478 e. The summed E-state index contributed by atoms with van der Waals surface area (Å²) in [6.07, 6.45) is 10.5. The van der Waals surface area contributed by atoms with Crippen LogP contribution in [0, 0.1) is 0 Å². The number of carbonyl (C=O) groups is 2. The average molecular weight is 492 g/mol. The standard InChI is InChI=1S/2C8H7N3.C8H6O4.2H2O/c2*1-4-9-5-2-7(1)8-3-6-10-11-8;9-7(10)5-1-2-6(4-3-5)8(11)12;;/h2*1-6H,(H,10,11);1-4H,(H,9,10)(H,11,12);2*1H2. The van der Waals surface area contributed by atoms with Crippen molar-refractivity contribution < 1.29 is 30.8 Å². The van der Waals surface area contributed by atoms with Gasteiger partial charge in [-0.2, -0.15) is 10.2 Å². The highest BCUT2D eigenvalue weighted by molar-refractivity contribution is 5.91. The molecule has 0 bridgehead atoms. The molecule has 5 rings (SSSR count). The van der Waals surface area contributed by atoms with E-state index in [1.165, 1.54) is 24.3 Å². The molecule has 12 heteroatoms. The highest BCUT2D eigenvalue weighted by Gasteiger charge is 2.04. The van der Waals surface area contributed by atoms with Gasteiger partial charge in [0.25, 0.3) is 0 Å². The van der Waals surface area contributed by atoms with Gasteiger partial charge in [0.05, 0.1) is 22.5 Å². The van der Waals surface area contributed by atoms with Crippen molar-refractivity contribution in [1.29, 1.82) is 0 Å². The Hall–Kier alpha value is -5.20. The van der Waals surface area contributed by atoms with Crippen LogP contribution in [0.5, 0.6) is 0 Å². The summed E-state index contributed by atoms with van der Waals surface area (Å²) >= 11 is 0. The monoisotopic (exact) mass is 492 g/mol. The van der Waals surface area contributed by atoms with Crippen LogP contribution in [0.1, 0.15) is 20.7 Å². The summed E-state index contributed by atoms with van der Waals surface area (Å²) in [5.41, 5.74) is 4.43. The molecule has 1 aromatic carbocycles. The summed E-state index contributed by atoms with van der Waals surface area (Å²) in [7, 11) is 0. The molecule has 0 aliphatic heterocycles. The molecule has 5 aromatic rings. The van der Waals surface area contributed by atoms with Crippen LogP contribution in [-0.4, -0.2) is 63.5 Å². The van der Waals surface area contributed by atoms with Crippen LogP contribution in [0.2, 0.25) is 0 Å². The number of aromatic nitrogens is 6. The van der Waals surface area contributed by atoms with Gasteiger partial charge < -0.3 is 21.2 Å². The molecule has 0 aliphatic carbocycles. The third-order valence-corrected chi connectivity index (χ3v) is 4.36. The van der Waals surface area contributed by atoms with Crippen molar-refractivity contribution in [2.75, 3.05) is 0 Å². The summed E-state index contributed by atoms with van der Waals surface area (Å²) < 4.78 is 0. The Kier molecular flexibility index (Phi) is 11.9. The van der Waals surface area contributed by atoms with Crippen molar-refractivity contribution in [1.82, 2.24) is 30.4 Å². The van der Waals surface area contributed by atoms with Crippen molar-refractivity contribution in [2.45, 2.75) is 0 Å². The predicted molar refractivity (Wildman–Crippen MR) is 131 cm³/mol. The Labute approximate surface area is 205 Å². The molecule has 8 N–H and O–H groups in total. The maximum atomic E-state index is 10.3. The number of aromatic amines is 2. The Balaban J connectivity index is 0.000000263. The van der Waals surface area contributed by atoms with Gasteiger partial charge in [0, 0.05) is 48.3 Å². The maximum Gasteiger partial charge on any atom is 0.335 e. The van der Waals surface area contributed by atoms with Crippen LogP contribution in [0.25, 0.3) is 22.5 Å². The molecule has 12 nitrogen and oxygen atoms in total. The lowest BCUT2D eigenvalue weighted by Gasteiger charge is -1.94. The summed E-state index contributed by atoms with van der Waals surface area (Å²) in [5, 5.41) is 30.4. The number of H-pyrrole nitrogens is 2. The van der Waals surface area contributed by atoms with Crippen molar-refractivity contribution in [3.63, 3.8) is 0 Å². The second-order valence-electron chi connectivity index (χ2n) is 6.60. The number of hydrogen-bond acceptors (Lipinski definition) is 6. The number of nitrogens with one attached hydrogen (secondary N) is 2. The Morgan fingerprint density at radius 1 is 0.528 bits per heavy atom.